The third-order valence-corrected chi connectivity index (χ3v) is 7.50. The lowest BCUT2D eigenvalue weighted by atomic mass is 9.91. The maximum atomic E-state index is 13.0. The van der Waals surface area contributed by atoms with Gasteiger partial charge in [0.15, 0.2) is 0 Å². The Bertz CT molecular complexity index is 880. The molecule has 0 saturated carbocycles. The van der Waals surface area contributed by atoms with Crippen LogP contribution in [-0.4, -0.2) is 46.5 Å². The number of likely N-dealkylation sites (N-methyl/N-ethyl adjacent to an activating group) is 1. The van der Waals surface area contributed by atoms with Crippen LogP contribution in [0.4, 0.5) is 5.69 Å². The van der Waals surface area contributed by atoms with Crippen LogP contribution in [0.15, 0.2) is 58.3 Å². The third kappa shape index (κ3) is 2.75. The standard InChI is InChI=1S/C20H24N2O2S/c1-21-12-10-17-18-14-16(25(23,24)15-6-4-3-5-7-15)8-9-19(18)22(2)20(17)11-13-21/h3-9,14,17,20H,10-13H2,1-2H3/t17-,20-/m1/s1. The van der Waals surface area contributed by atoms with Crippen molar-refractivity contribution in [2.75, 3.05) is 32.1 Å². The average Bonchev–Trinajstić information content (AvgIpc) is 2.76. The van der Waals surface area contributed by atoms with E-state index in [9.17, 15) is 8.42 Å². The quantitative estimate of drug-likeness (QED) is 0.829. The van der Waals surface area contributed by atoms with E-state index in [1.165, 1.54) is 11.3 Å². The Morgan fingerprint density at radius 2 is 1.64 bits per heavy atom. The van der Waals surface area contributed by atoms with Gasteiger partial charge in [-0.15, -0.1) is 0 Å². The first-order valence-electron chi connectivity index (χ1n) is 8.84. The van der Waals surface area contributed by atoms with E-state index in [4.69, 9.17) is 0 Å². The molecule has 2 heterocycles. The van der Waals surface area contributed by atoms with Crippen LogP contribution < -0.4 is 4.90 Å². The summed E-state index contributed by atoms with van der Waals surface area (Å²) in [4.78, 5) is 5.48. The van der Waals surface area contributed by atoms with Gasteiger partial charge in [0.1, 0.15) is 0 Å². The maximum Gasteiger partial charge on any atom is 0.206 e. The molecule has 0 amide bonds. The summed E-state index contributed by atoms with van der Waals surface area (Å²) in [5, 5.41) is 0. The van der Waals surface area contributed by atoms with Gasteiger partial charge < -0.3 is 9.80 Å². The van der Waals surface area contributed by atoms with Crippen molar-refractivity contribution in [3.05, 3.63) is 54.1 Å². The van der Waals surface area contributed by atoms with E-state index in [0.29, 0.717) is 21.8 Å². The van der Waals surface area contributed by atoms with Crippen molar-refractivity contribution in [1.82, 2.24) is 4.90 Å². The molecular weight excluding hydrogens is 332 g/mol. The molecule has 4 rings (SSSR count). The number of rotatable bonds is 2. The van der Waals surface area contributed by atoms with Crippen molar-refractivity contribution in [3.8, 4) is 0 Å². The number of benzene rings is 2. The Morgan fingerprint density at radius 3 is 2.40 bits per heavy atom. The van der Waals surface area contributed by atoms with Crippen LogP contribution in [0.2, 0.25) is 0 Å². The van der Waals surface area contributed by atoms with Crippen molar-refractivity contribution in [1.29, 1.82) is 0 Å². The van der Waals surface area contributed by atoms with E-state index in [0.717, 1.165) is 25.9 Å². The van der Waals surface area contributed by atoms with Crippen LogP contribution in [0.1, 0.15) is 24.3 Å². The van der Waals surface area contributed by atoms with Crippen molar-refractivity contribution >= 4 is 15.5 Å². The first-order valence-corrected chi connectivity index (χ1v) is 10.3. The van der Waals surface area contributed by atoms with E-state index in [1.54, 1.807) is 30.3 Å². The number of hydrogen-bond donors (Lipinski definition) is 0. The average molecular weight is 356 g/mol. The lowest BCUT2D eigenvalue weighted by Gasteiger charge is -2.25. The zero-order valence-corrected chi connectivity index (χ0v) is 15.5. The van der Waals surface area contributed by atoms with Crippen LogP contribution >= 0.6 is 0 Å². The fourth-order valence-corrected chi connectivity index (χ4v) is 5.59. The summed E-state index contributed by atoms with van der Waals surface area (Å²) in [5.74, 6) is 0.413. The number of hydrogen-bond acceptors (Lipinski definition) is 4. The molecular formula is C20H24N2O2S. The number of sulfone groups is 1. The van der Waals surface area contributed by atoms with Gasteiger partial charge in [-0.1, -0.05) is 18.2 Å². The highest BCUT2D eigenvalue weighted by Crippen LogP contribution is 2.45. The van der Waals surface area contributed by atoms with Crippen molar-refractivity contribution in [2.24, 2.45) is 0 Å². The van der Waals surface area contributed by atoms with Gasteiger partial charge in [0, 0.05) is 24.7 Å². The van der Waals surface area contributed by atoms with Crippen LogP contribution in [0, 0.1) is 0 Å². The summed E-state index contributed by atoms with van der Waals surface area (Å²) in [6.45, 7) is 2.15. The van der Waals surface area contributed by atoms with E-state index in [1.807, 2.05) is 18.2 Å². The topological polar surface area (TPSA) is 40.6 Å². The second-order valence-electron chi connectivity index (χ2n) is 7.20. The summed E-state index contributed by atoms with van der Waals surface area (Å²) in [7, 11) is 0.839. The molecule has 2 aliphatic rings. The molecule has 2 atom stereocenters. The molecule has 0 unspecified atom stereocenters. The highest BCUT2D eigenvalue weighted by Gasteiger charge is 2.38. The summed E-state index contributed by atoms with van der Waals surface area (Å²) in [5.41, 5.74) is 2.38. The molecule has 132 valence electrons. The zero-order valence-electron chi connectivity index (χ0n) is 14.7. The van der Waals surface area contributed by atoms with Crippen LogP contribution in [0.5, 0.6) is 0 Å². The predicted octanol–water partition coefficient (Wildman–Crippen LogP) is 3.15. The summed E-state index contributed by atoms with van der Waals surface area (Å²) < 4.78 is 25.9. The van der Waals surface area contributed by atoms with Crippen LogP contribution in [-0.2, 0) is 9.84 Å². The summed E-state index contributed by atoms with van der Waals surface area (Å²) >= 11 is 0. The molecule has 0 aromatic heterocycles. The third-order valence-electron chi connectivity index (χ3n) is 5.73. The minimum absolute atomic E-state index is 0.360. The largest absolute Gasteiger partial charge is 0.371 e. The predicted molar refractivity (Wildman–Crippen MR) is 100.0 cm³/mol. The first-order chi connectivity index (χ1) is 12.0. The Labute approximate surface area is 150 Å². The van der Waals surface area contributed by atoms with Gasteiger partial charge in [0.2, 0.25) is 9.84 Å². The number of anilines is 1. The maximum absolute atomic E-state index is 13.0. The molecule has 1 saturated heterocycles. The van der Waals surface area contributed by atoms with E-state index in [2.05, 4.69) is 23.9 Å². The van der Waals surface area contributed by atoms with Crippen molar-refractivity contribution < 1.29 is 8.42 Å². The molecule has 0 spiro atoms. The van der Waals surface area contributed by atoms with Gasteiger partial charge in [-0.3, -0.25) is 0 Å². The highest BCUT2D eigenvalue weighted by molar-refractivity contribution is 7.91. The van der Waals surface area contributed by atoms with Crippen LogP contribution in [0.3, 0.4) is 0 Å². The monoisotopic (exact) mass is 356 g/mol. The summed E-state index contributed by atoms with van der Waals surface area (Å²) in [6.07, 6.45) is 2.19. The lowest BCUT2D eigenvalue weighted by Crippen LogP contribution is -2.31. The number of nitrogens with zero attached hydrogens (tertiary/aromatic N) is 2. The Balaban J connectivity index is 1.76. The lowest BCUT2D eigenvalue weighted by molar-refractivity contribution is 0.345. The SMILES string of the molecule is CN1CC[C@@H]2c3cc(S(=O)(=O)c4ccccc4)ccc3N(C)[C@@H]2CC1. The fourth-order valence-electron chi connectivity index (χ4n) is 4.28. The molecule has 0 radical (unpaired) electrons. The zero-order chi connectivity index (χ0) is 17.6. The Morgan fingerprint density at radius 1 is 0.920 bits per heavy atom. The number of fused-ring (bicyclic) bond motifs is 3. The Hall–Kier alpha value is -1.85. The minimum Gasteiger partial charge on any atom is -0.371 e. The van der Waals surface area contributed by atoms with Gasteiger partial charge >= 0.3 is 0 Å². The molecule has 0 bridgehead atoms. The molecule has 0 aliphatic carbocycles. The normalized spacial score (nSPS) is 23.8. The first kappa shape index (κ1) is 16.6. The van der Waals surface area contributed by atoms with E-state index in [-0.39, 0.29) is 0 Å². The van der Waals surface area contributed by atoms with Crippen molar-refractivity contribution in [3.63, 3.8) is 0 Å². The smallest absolute Gasteiger partial charge is 0.206 e. The van der Waals surface area contributed by atoms with Crippen LogP contribution in [0.25, 0.3) is 0 Å². The van der Waals surface area contributed by atoms with Gasteiger partial charge in [-0.05, 0) is 68.9 Å². The number of likely N-dealkylation sites (tertiary alicyclic amines) is 1. The second-order valence-corrected chi connectivity index (χ2v) is 9.15. The Kier molecular flexibility index (Phi) is 4.08. The van der Waals surface area contributed by atoms with E-state index >= 15 is 0 Å². The van der Waals surface area contributed by atoms with Gasteiger partial charge in [0.05, 0.1) is 9.79 Å². The van der Waals surface area contributed by atoms with Gasteiger partial charge in [0.25, 0.3) is 0 Å². The molecule has 5 heteroatoms. The highest BCUT2D eigenvalue weighted by atomic mass is 32.2. The fraction of sp³-hybridized carbons (Fsp3) is 0.400. The van der Waals surface area contributed by atoms with Gasteiger partial charge in [-0.25, -0.2) is 8.42 Å². The van der Waals surface area contributed by atoms with E-state index < -0.39 is 9.84 Å². The molecule has 0 N–H and O–H groups in total. The molecule has 25 heavy (non-hydrogen) atoms. The molecule has 4 nitrogen and oxygen atoms in total. The second kappa shape index (κ2) is 6.15. The molecule has 1 fully saturated rings. The molecule has 2 aromatic rings. The minimum atomic E-state index is -3.46. The summed E-state index contributed by atoms with van der Waals surface area (Å²) in [6, 6.07) is 14.8. The van der Waals surface area contributed by atoms with Gasteiger partial charge in [-0.2, -0.15) is 0 Å². The molecule has 2 aliphatic heterocycles. The molecule has 2 aromatic carbocycles. The van der Waals surface area contributed by atoms with Crippen molar-refractivity contribution in [2.45, 2.75) is 34.6 Å².